The summed E-state index contributed by atoms with van der Waals surface area (Å²) in [6, 6.07) is 4.51. The van der Waals surface area contributed by atoms with Gasteiger partial charge in [-0.2, -0.15) is 0 Å². The monoisotopic (exact) mass is 238 g/mol. The molecular weight excluding hydrogens is 219 g/mol. The predicted molar refractivity (Wildman–Crippen MR) is 65.6 cm³/mol. The third-order valence-electron chi connectivity index (χ3n) is 3.38. The fourth-order valence-electron chi connectivity index (χ4n) is 1.65. The fourth-order valence-corrected chi connectivity index (χ4v) is 1.65. The summed E-state index contributed by atoms with van der Waals surface area (Å²) in [5.41, 5.74) is 0.875. The van der Waals surface area contributed by atoms with Gasteiger partial charge in [0.15, 0.2) is 5.78 Å². The summed E-state index contributed by atoms with van der Waals surface area (Å²) in [5, 5.41) is 0. The normalized spacial score (nSPS) is 14.4. The number of rotatable bonds is 5. The van der Waals surface area contributed by atoms with Crippen molar-refractivity contribution in [3.05, 3.63) is 35.1 Å². The van der Waals surface area contributed by atoms with Gasteiger partial charge < -0.3 is 4.74 Å². The van der Waals surface area contributed by atoms with Crippen LogP contribution >= 0.6 is 0 Å². The number of methoxy groups -OCH3 is 1. The quantitative estimate of drug-likeness (QED) is 0.788. The lowest BCUT2D eigenvalue weighted by Gasteiger charge is -2.25. The second-order valence-electron chi connectivity index (χ2n) is 4.46. The first kappa shape index (κ1) is 13.8. The molecule has 0 aromatic heterocycles. The van der Waals surface area contributed by atoms with Gasteiger partial charge in [-0.25, -0.2) is 4.39 Å². The second-order valence-corrected chi connectivity index (χ2v) is 4.46. The molecule has 94 valence electrons. The summed E-state index contributed by atoms with van der Waals surface area (Å²) in [5.74, 6) is -0.329. The minimum atomic E-state index is -0.779. The Morgan fingerprint density at radius 3 is 2.65 bits per heavy atom. The van der Waals surface area contributed by atoms with Crippen molar-refractivity contribution in [1.82, 2.24) is 0 Å². The SMILES string of the molecule is CCC(C)(OC)C(=O)Cc1cc(F)ccc1C. The van der Waals surface area contributed by atoms with Crippen LogP contribution in [0.2, 0.25) is 0 Å². The number of halogens is 1. The van der Waals surface area contributed by atoms with Crippen LogP contribution in [0.15, 0.2) is 18.2 Å². The molecule has 0 saturated heterocycles. The van der Waals surface area contributed by atoms with Gasteiger partial charge in [-0.05, 0) is 43.5 Å². The Labute approximate surface area is 102 Å². The van der Waals surface area contributed by atoms with Crippen molar-refractivity contribution < 1.29 is 13.9 Å². The van der Waals surface area contributed by atoms with Crippen LogP contribution in [0.4, 0.5) is 4.39 Å². The maximum Gasteiger partial charge on any atom is 0.168 e. The highest BCUT2D eigenvalue weighted by atomic mass is 19.1. The molecule has 0 aliphatic carbocycles. The van der Waals surface area contributed by atoms with E-state index in [0.29, 0.717) is 6.42 Å². The van der Waals surface area contributed by atoms with E-state index in [-0.39, 0.29) is 18.0 Å². The zero-order valence-electron chi connectivity index (χ0n) is 10.8. The lowest BCUT2D eigenvalue weighted by Crippen LogP contribution is -2.38. The number of hydrogen-bond acceptors (Lipinski definition) is 2. The van der Waals surface area contributed by atoms with Crippen molar-refractivity contribution in [3.63, 3.8) is 0 Å². The number of aryl methyl sites for hydroxylation is 1. The van der Waals surface area contributed by atoms with Gasteiger partial charge in [0, 0.05) is 13.5 Å². The smallest absolute Gasteiger partial charge is 0.168 e. The molecule has 1 aromatic rings. The van der Waals surface area contributed by atoms with E-state index in [2.05, 4.69) is 0 Å². The van der Waals surface area contributed by atoms with Crippen LogP contribution in [0.3, 0.4) is 0 Å². The standard InChI is InChI=1S/C14H19FO2/c1-5-14(3,17-4)13(16)9-11-8-12(15)7-6-10(11)2/h6-8H,5,9H2,1-4H3. The van der Waals surface area contributed by atoms with Crippen LogP contribution in [-0.4, -0.2) is 18.5 Å². The van der Waals surface area contributed by atoms with Crippen molar-refractivity contribution in [2.45, 2.75) is 39.2 Å². The molecular formula is C14H19FO2. The first-order chi connectivity index (χ1) is 7.92. The van der Waals surface area contributed by atoms with Crippen LogP contribution in [-0.2, 0) is 16.0 Å². The molecule has 3 heteroatoms. The summed E-state index contributed by atoms with van der Waals surface area (Å²) in [4.78, 5) is 12.1. The van der Waals surface area contributed by atoms with Gasteiger partial charge in [-0.15, -0.1) is 0 Å². The van der Waals surface area contributed by atoms with Crippen LogP contribution < -0.4 is 0 Å². The molecule has 0 amide bonds. The lowest BCUT2D eigenvalue weighted by atomic mass is 9.91. The molecule has 1 aromatic carbocycles. The number of benzene rings is 1. The third-order valence-corrected chi connectivity index (χ3v) is 3.38. The number of Topliss-reactive ketones (excluding diaryl/α,β-unsaturated/α-hetero) is 1. The van der Waals surface area contributed by atoms with Crippen LogP contribution in [0, 0.1) is 12.7 Å². The Bertz CT molecular complexity index is 409. The molecule has 1 atom stereocenters. The van der Waals surface area contributed by atoms with Crippen LogP contribution in [0.1, 0.15) is 31.4 Å². The van der Waals surface area contributed by atoms with E-state index in [1.807, 2.05) is 13.8 Å². The first-order valence-electron chi connectivity index (χ1n) is 5.76. The Morgan fingerprint density at radius 2 is 2.12 bits per heavy atom. The molecule has 0 N–H and O–H groups in total. The van der Waals surface area contributed by atoms with E-state index in [1.165, 1.54) is 19.2 Å². The van der Waals surface area contributed by atoms with E-state index < -0.39 is 5.60 Å². The Hall–Kier alpha value is -1.22. The van der Waals surface area contributed by atoms with Crippen molar-refractivity contribution in [2.75, 3.05) is 7.11 Å². The molecule has 0 heterocycles. The van der Waals surface area contributed by atoms with Gasteiger partial charge in [0.1, 0.15) is 11.4 Å². The predicted octanol–water partition coefficient (Wildman–Crippen LogP) is 3.06. The average molecular weight is 238 g/mol. The van der Waals surface area contributed by atoms with Gasteiger partial charge in [0.05, 0.1) is 0 Å². The van der Waals surface area contributed by atoms with Gasteiger partial charge in [-0.1, -0.05) is 13.0 Å². The maximum absolute atomic E-state index is 13.1. The van der Waals surface area contributed by atoms with E-state index in [0.717, 1.165) is 11.1 Å². The van der Waals surface area contributed by atoms with E-state index in [4.69, 9.17) is 4.74 Å². The molecule has 0 aliphatic heterocycles. The molecule has 1 rings (SSSR count). The van der Waals surface area contributed by atoms with Crippen molar-refractivity contribution >= 4 is 5.78 Å². The highest BCUT2D eigenvalue weighted by molar-refractivity contribution is 5.89. The number of carbonyl (C=O) groups excluding carboxylic acids is 1. The molecule has 1 unspecified atom stereocenters. The Balaban J connectivity index is 2.91. The van der Waals surface area contributed by atoms with E-state index in [1.54, 1.807) is 13.0 Å². The molecule has 0 radical (unpaired) electrons. The van der Waals surface area contributed by atoms with Gasteiger partial charge in [0.25, 0.3) is 0 Å². The van der Waals surface area contributed by atoms with Crippen LogP contribution in [0.5, 0.6) is 0 Å². The highest BCUT2D eigenvalue weighted by Crippen LogP contribution is 2.20. The zero-order chi connectivity index (χ0) is 13.1. The van der Waals surface area contributed by atoms with Crippen LogP contribution in [0.25, 0.3) is 0 Å². The van der Waals surface area contributed by atoms with E-state index >= 15 is 0 Å². The summed E-state index contributed by atoms with van der Waals surface area (Å²) < 4.78 is 18.4. The summed E-state index contributed by atoms with van der Waals surface area (Å²) >= 11 is 0. The molecule has 2 nitrogen and oxygen atoms in total. The minimum absolute atomic E-state index is 0.0174. The topological polar surface area (TPSA) is 26.3 Å². The largest absolute Gasteiger partial charge is 0.371 e. The molecule has 0 fully saturated rings. The number of ketones is 1. The van der Waals surface area contributed by atoms with Gasteiger partial charge in [-0.3, -0.25) is 4.79 Å². The summed E-state index contributed by atoms with van der Waals surface area (Å²) in [6.07, 6.45) is 0.818. The third kappa shape index (κ3) is 3.13. The molecule has 17 heavy (non-hydrogen) atoms. The average Bonchev–Trinajstić information content (AvgIpc) is 2.32. The highest BCUT2D eigenvalue weighted by Gasteiger charge is 2.30. The van der Waals surface area contributed by atoms with Crippen molar-refractivity contribution in [2.24, 2.45) is 0 Å². The maximum atomic E-state index is 13.1. The van der Waals surface area contributed by atoms with Gasteiger partial charge >= 0.3 is 0 Å². The molecule has 0 aliphatic rings. The van der Waals surface area contributed by atoms with Crippen molar-refractivity contribution in [1.29, 1.82) is 0 Å². The summed E-state index contributed by atoms with van der Waals surface area (Å²) in [7, 11) is 1.53. The zero-order valence-corrected chi connectivity index (χ0v) is 10.8. The van der Waals surface area contributed by atoms with Crippen molar-refractivity contribution in [3.8, 4) is 0 Å². The second kappa shape index (κ2) is 5.41. The number of hydrogen-bond donors (Lipinski definition) is 0. The molecule has 0 bridgehead atoms. The first-order valence-corrected chi connectivity index (χ1v) is 5.76. The fraction of sp³-hybridized carbons (Fsp3) is 0.500. The van der Waals surface area contributed by atoms with Gasteiger partial charge in [0.2, 0.25) is 0 Å². The number of ether oxygens (including phenoxy) is 1. The summed E-state index contributed by atoms with van der Waals surface area (Å²) in [6.45, 7) is 5.54. The Kier molecular flexibility index (Phi) is 4.40. The lowest BCUT2D eigenvalue weighted by molar-refractivity contribution is -0.138. The van der Waals surface area contributed by atoms with E-state index in [9.17, 15) is 9.18 Å². The molecule has 0 spiro atoms. The number of carbonyl (C=O) groups is 1. The minimum Gasteiger partial charge on any atom is -0.371 e. The Morgan fingerprint density at radius 1 is 1.47 bits per heavy atom. The molecule has 0 saturated carbocycles.